The monoisotopic (exact) mass is 502 g/mol. The zero-order chi connectivity index (χ0) is 23.9. The molecule has 3 aromatic heterocycles. The highest BCUT2D eigenvalue weighted by molar-refractivity contribution is 7.85. The summed E-state index contributed by atoms with van der Waals surface area (Å²) >= 11 is 1.33. The van der Waals surface area contributed by atoms with Crippen LogP contribution in [0.3, 0.4) is 0 Å². The van der Waals surface area contributed by atoms with Crippen LogP contribution in [0.2, 0.25) is 0 Å². The molecule has 1 saturated heterocycles. The van der Waals surface area contributed by atoms with E-state index in [2.05, 4.69) is 14.4 Å². The second-order valence-corrected chi connectivity index (χ2v) is 10.5. The lowest BCUT2D eigenvalue weighted by molar-refractivity contribution is 0.0947. The SMILES string of the molecule is CS(=O)(=O)OCCNC(=O)c1c(=O)c2ccc(N3CCOCC3)nc2n2c1sc1ccccc12. The molecule has 4 aromatic rings. The van der Waals surface area contributed by atoms with Gasteiger partial charge in [-0.1, -0.05) is 12.1 Å². The molecule has 34 heavy (non-hydrogen) atoms. The van der Waals surface area contributed by atoms with E-state index in [1.165, 1.54) is 11.3 Å². The fourth-order valence-electron chi connectivity index (χ4n) is 3.99. The maximum atomic E-state index is 13.5. The van der Waals surface area contributed by atoms with Gasteiger partial charge in [-0.2, -0.15) is 8.42 Å². The van der Waals surface area contributed by atoms with Gasteiger partial charge in [-0.05, 0) is 24.3 Å². The Hall–Kier alpha value is -3.06. The second-order valence-electron chi connectivity index (χ2n) is 7.84. The molecule has 0 aliphatic carbocycles. The van der Waals surface area contributed by atoms with Crippen LogP contribution in [0, 0.1) is 0 Å². The number of aromatic nitrogens is 2. The molecule has 178 valence electrons. The predicted octanol–water partition coefficient (Wildman–Crippen LogP) is 1.61. The minimum absolute atomic E-state index is 0.00558. The maximum absolute atomic E-state index is 13.5. The van der Waals surface area contributed by atoms with E-state index in [-0.39, 0.29) is 18.7 Å². The van der Waals surface area contributed by atoms with Gasteiger partial charge in [-0.3, -0.25) is 18.2 Å². The van der Waals surface area contributed by atoms with Gasteiger partial charge in [-0.25, -0.2) is 4.98 Å². The van der Waals surface area contributed by atoms with Crippen molar-refractivity contribution in [3.05, 3.63) is 52.2 Å². The molecule has 4 heterocycles. The molecular weight excluding hydrogens is 480 g/mol. The Balaban J connectivity index is 1.65. The summed E-state index contributed by atoms with van der Waals surface area (Å²) in [4.78, 5) is 34.0. The lowest BCUT2D eigenvalue weighted by Gasteiger charge is -2.27. The van der Waals surface area contributed by atoms with Crippen molar-refractivity contribution in [2.24, 2.45) is 0 Å². The molecular formula is C22H22N4O6S2. The largest absolute Gasteiger partial charge is 0.378 e. The van der Waals surface area contributed by atoms with Crippen LogP contribution in [-0.2, 0) is 19.0 Å². The Labute approximate surface area is 198 Å². The molecule has 5 rings (SSSR count). The maximum Gasteiger partial charge on any atom is 0.264 e. The first-order valence-corrected chi connectivity index (χ1v) is 13.3. The van der Waals surface area contributed by atoms with Crippen LogP contribution in [-0.4, -0.2) is 69.4 Å². The van der Waals surface area contributed by atoms with Crippen LogP contribution < -0.4 is 15.6 Å². The van der Waals surface area contributed by atoms with Crippen LogP contribution in [0.15, 0.2) is 41.2 Å². The summed E-state index contributed by atoms with van der Waals surface area (Å²) in [6.45, 7) is 2.35. The van der Waals surface area contributed by atoms with Gasteiger partial charge in [0.2, 0.25) is 5.43 Å². The minimum Gasteiger partial charge on any atom is -0.378 e. The number of para-hydroxylation sites is 1. The zero-order valence-electron chi connectivity index (χ0n) is 18.3. The molecule has 1 amide bonds. The quantitative estimate of drug-likeness (QED) is 0.312. The number of carbonyl (C=O) groups excluding carboxylic acids is 1. The summed E-state index contributed by atoms with van der Waals surface area (Å²) < 4.78 is 35.2. The number of pyridine rings is 2. The van der Waals surface area contributed by atoms with Gasteiger partial charge in [0.1, 0.15) is 16.2 Å². The Morgan fingerprint density at radius 2 is 1.97 bits per heavy atom. The summed E-state index contributed by atoms with van der Waals surface area (Å²) in [5.74, 6) is 0.153. The summed E-state index contributed by atoms with van der Waals surface area (Å²) in [6.07, 6.45) is 0.934. The van der Waals surface area contributed by atoms with Gasteiger partial charge in [-0.15, -0.1) is 11.3 Å². The van der Waals surface area contributed by atoms with Crippen LogP contribution in [0.25, 0.3) is 26.1 Å². The van der Waals surface area contributed by atoms with Crippen molar-refractivity contribution in [3.63, 3.8) is 0 Å². The minimum atomic E-state index is -3.62. The lowest BCUT2D eigenvalue weighted by Crippen LogP contribution is -2.37. The van der Waals surface area contributed by atoms with E-state index >= 15 is 0 Å². The normalized spacial score (nSPS) is 14.8. The number of amides is 1. The highest BCUT2D eigenvalue weighted by atomic mass is 32.2. The molecule has 0 spiro atoms. The second kappa shape index (κ2) is 8.95. The van der Waals surface area contributed by atoms with Crippen LogP contribution >= 0.6 is 11.3 Å². The first kappa shape index (κ1) is 22.7. The average molecular weight is 503 g/mol. The van der Waals surface area contributed by atoms with Gasteiger partial charge in [0.05, 0.1) is 41.7 Å². The Bertz CT molecular complexity index is 1570. The molecule has 0 unspecified atom stereocenters. The number of morpholine rings is 1. The third-order valence-corrected chi connectivity index (χ3v) is 7.26. The van der Waals surface area contributed by atoms with Crippen LogP contribution in [0.4, 0.5) is 5.82 Å². The van der Waals surface area contributed by atoms with E-state index in [0.29, 0.717) is 42.2 Å². The first-order chi connectivity index (χ1) is 16.3. The van der Waals surface area contributed by atoms with Crippen molar-refractivity contribution in [3.8, 4) is 0 Å². The van der Waals surface area contributed by atoms with Crippen molar-refractivity contribution in [1.29, 1.82) is 0 Å². The molecule has 0 bridgehead atoms. The van der Waals surface area contributed by atoms with E-state index in [1.54, 1.807) is 12.1 Å². The highest BCUT2D eigenvalue weighted by Gasteiger charge is 2.23. The molecule has 1 fully saturated rings. The number of hydrogen-bond acceptors (Lipinski definition) is 9. The van der Waals surface area contributed by atoms with Crippen molar-refractivity contribution >= 4 is 59.3 Å². The summed E-state index contributed by atoms with van der Waals surface area (Å²) in [6, 6.07) is 11.1. The lowest BCUT2D eigenvalue weighted by atomic mass is 10.1. The highest BCUT2D eigenvalue weighted by Crippen LogP contribution is 2.31. The number of carbonyl (C=O) groups is 1. The van der Waals surface area contributed by atoms with E-state index in [9.17, 15) is 18.0 Å². The Morgan fingerprint density at radius 1 is 1.21 bits per heavy atom. The Morgan fingerprint density at radius 3 is 2.74 bits per heavy atom. The summed E-state index contributed by atoms with van der Waals surface area (Å²) in [7, 11) is -3.62. The molecule has 12 heteroatoms. The van der Waals surface area contributed by atoms with Gasteiger partial charge in [0.15, 0.2) is 5.65 Å². The average Bonchev–Trinajstić information content (AvgIpc) is 3.21. The number of benzene rings is 1. The van der Waals surface area contributed by atoms with Gasteiger partial charge in [0.25, 0.3) is 16.0 Å². The van der Waals surface area contributed by atoms with Crippen molar-refractivity contribution in [2.45, 2.75) is 0 Å². The smallest absolute Gasteiger partial charge is 0.264 e. The summed E-state index contributed by atoms with van der Waals surface area (Å²) in [5.41, 5.74) is 0.894. The van der Waals surface area contributed by atoms with Crippen molar-refractivity contribution in [1.82, 2.24) is 14.7 Å². The van der Waals surface area contributed by atoms with E-state index in [4.69, 9.17) is 9.72 Å². The third kappa shape index (κ3) is 4.25. The first-order valence-electron chi connectivity index (χ1n) is 10.7. The number of ether oxygens (including phenoxy) is 1. The van der Waals surface area contributed by atoms with E-state index in [1.807, 2.05) is 28.7 Å². The van der Waals surface area contributed by atoms with E-state index in [0.717, 1.165) is 22.3 Å². The van der Waals surface area contributed by atoms with Gasteiger partial charge < -0.3 is 15.0 Å². The third-order valence-electron chi connectivity index (χ3n) is 5.52. The van der Waals surface area contributed by atoms with Gasteiger partial charge >= 0.3 is 0 Å². The molecule has 1 aliphatic rings. The number of thiazole rings is 1. The molecule has 1 aliphatic heterocycles. The number of anilines is 1. The van der Waals surface area contributed by atoms with E-state index < -0.39 is 21.5 Å². The van der Waals surface area contributed by atoms with Crippen molar-refractivity contribution in [2.75, 3.05) is 50.6 Å². The molecule has 1 aromatic carbocycles. The van der Waals surface area contributed by atoms with Crippen LogP contribution in [0.1, 0.15) is 10.4 Å². The standard InChI is InChI=1S/C22H22N4O6S2/c1-34(29,30)32-11-8-23-21(28)18-19(27)14-6-7-17(25-9-12-31-13-10-25)24-20(14)26-15-4-2-3-5-16(15)33-22(18)26/h2-7H,8-13H2,1H3,(H,23,28). The topological polar surface area (TPSA) is 119 Å². The molecule has 0 radical (unpaired) electrons. The molecule has 0 atom stereocenters. The summed E-state index contributed by atoms with van der Waals surface area (Å²) in [5, 5.41) is 2.93. The van der Waals surface area contributed by atoms with Crippen molar-refractivity contribution < 1.29 is 22.1 Å². The fraction of sp³-hybridized carbons (Fsp3) is 0.318. The number of hydrogen-bond donors (Lipinski definition) is 1. The predicted molar refractivity (Wildman–Crippen MR) is 131 cm³/mol. The number of fused-ring (bicyclic) bond motifs is 5. The molecule has 1 N–H and O–H groups in total. The van der Waals surface area contributed by atoms with Gasteiger partial charge in [0, 0.05) is 19.6 Å². The van der Waals surface area contributed by atoms with Crippen LogP contribution in [0.5, 0.6) is 0 Å². The number of nitrogens with one attached hydrogen (secondary N) is 1. The zero-order valence-corrected chi connectivity index (χ0v) is 19.9. The fourth-order valence-corrected chi connectivity index (χ4v) is 5.56. The number of nitrogens with zero attached hydrogens (tertiary/aromatic N) is 3. The number of rotatable bonds is 6. The Kier molecular flexibility index (Phi) is 5.98. The molecule has 0 saturated carbocycles. The molecule has 10 nitrogen and oxygen atoms in total.